The van der Waals surface area contributed by atoms with E-state index in [0.29, 0.717) is 12.5 Å². The van der Waals surface area contributed by atoms with Crippen LogP contribution in [0.15, 0.2) is 0 Å². The van der Waals surface area contributed by atoms with Gasteiger partial charge in [0.05, 0.1) is 5.60 Å². The molecule has 2 unspecified atom stereocenters. The Morgan fingerprint density at radius 1 is 1.38 bits per heavy atom. The fourth-order valence-electron chi connectivity index (χ4n) is 3.16. The molecule has 1 saturated carbocycles. The van der Waals surface area contributed by atoms with Gasteiger partial charge >= 0.3 is 0 Å². The lowest BCUT2D eigenvalue weighted by Crippen LogP contribution is -2.43. The predicted octanol–water partition coefficient (Wildman–Crippen LogP) is 1.91. The van der Waals surface area contributed by atoms with Gasteiger partial charge in [-0.05, 0) is 43.6 Å². The third kappa shape index (κ3) is 2.96. The second kappa shape index (κ2) is 3.58. The monoisotopic (exact) mass is 185 g/mol. The number of hydrogen-bond donors (Lipinski definition) is 2. The Hall–Kier alpha value is -0.0800. The van der Waals surface area contributed by atoms with Crippen molar-refractivity contribution in [2.75, 3.05) is 6.54 Å². The molecule has 1 fully saturated rings. The predicted molar refractivity (Wildman–Crippen MR) is 55.4 cm³/mol. The summed E-state index contributed by atoms with van der Waals surface area (Å²) in [6, 6.07) is 0. The molecule has 0 aromatic carbocycles. The first-order valence-corrected chi connectivity index (χ1v) is 5.29. The molecule has 0 spiro atoms. The van der Waals surface area contributed by atoms with Crippen LogP contribution in [0.3, 0.4) is 0 Å². The molecule has 0 aromatic rings. The third-order valence-corrected chi connectivity index (χ3v) is 3.05. The fourth-order valence-corrected chi connectivity index (χ4v) is 3.16. The van der Waals surface area contributed by atoms with Gasteiger partial charge in [0.15, 0.2) is 0 Å². The molecule has 0 aliphatic heterocycles. The van der Waals surface area contributed by atoms with Crippen molar-refractivity contribution in [3.05, 3.63) is 0 Å². The molecular weight excluding hydrogens is 162 g/mol. The summed E-state index contributed by atoms with van der Waals surface area (Å²) in [5.74, 6) is 0.625. The van der Waals surface area contributed by atoms with E-state index in [9.17, 15) is 5.11 Å². The number of hydrogen-bond acceptors (Lipinski definition) is 2. The highest BCUT2D eigenvalue weighted by molar-refractivity contribution is 4.93. The Morgan fingerprint density at radius 3 is 2.46 bits per heavy atom. The standard InChI is InChI=1S/C11H23NO/c1-9-6-10(2,3)8-11(13,7-9)4-5-12/h9,13H,4-8,12H2,1-3H3. The van der Waals surface area contributed by atoms with Crippen molar-refractivity contribution in [2.45, 2.75) is 52.1 Å². The Bertz CT molecular complexity index is 179. The molecule has 0 radical (unpaired) electrons. The van der Waals surface area contributed by atoms with Crippen LogP contribution in [0.4, 0.5) is 0 Å². The van der Waals surface area contributed by atoms with Gasteiger partial charge in [0.25, 0.3) is 0 Å². The average Bonchev–Trinajstić information content (AvgIpc) is 1.78. The van der Waals surface area contributed by atoms with Crippen LogP contribution in [0.1, 0.15) is 46.5 Å². The van der Waals surface area contributed by atoms with E-state index < -0.39 is 5.60 Å². The normalized spacial score (nSPS) is 39.0. The SMILES string of the molecule is CC1CC(C)(C)CC(O)(CCN)C1. The zero-order valence-electron chi connectivity index (χ0n) is 9.14. The van der Waals surface area contributed by atoms with Gasteiger partial charge in [-0.1, -0.05) is 20.8 Å². The topological polar surface area (TPSA) is 46.2 Å². The molecule has 1 aliphatic rings. The molecule has 1 rings (SSSR count). The maximum Gasteiger partial charge on any atom is 0.0667 e. The highest BCUT2D eigenvalue weighted by Gasteiger charge is 2.40. The van der Waals surface area contributed by atoms with Crippen molar-refractivity contribution in [1.82, 2.24) is 0 Å². The molecular formula is C11H23NO. The Morgan fingerprint density at radius 2 is 2.00 bits per heavy atom. The quantitative estimate of drug-likeness (QED) is 0.690. The molecule has 0 heterocycles. The van der Waals surface area contributed by atoms with Crippen molar-refractivity contribution >= 4 is 0 Å². The largest absolute Gasteiger partial charge is 0.390 e. The van der Waals surface area contributed by atoms with E-state index >= 15 is 0 Å². The minimum atomic E-state index is -0.490. The van der Waals surface area contributed by atoms with Crippen LogP contribution in [0.5, 0.6) is 0 Å². The molecule has 2 nitrogen and oxygen atoms in total. The number of nitrogens with two attached hydrogens (primary N) is 1. The van der Waals surface area contributed by atoms with Gasteiger partial charge in [0, 0.05) is 0 Å². The lowest BCUT2D eigenvalue weighted by atomic mass is 9.65. The van der Waals surface area contributed by atoms with Gasteiger partial charge in [0.1, 0.15) is 0 Å². The van der Waals surface area contributed by atoms with E-state index in [4.69, 9.17) is 5.73 Å². The minimum Gasteiger partial charge on any atom is -0.390 e. The summed E-state index contributed by atoms with van der Waals surface area (Å²) in [6.45, 7) is 7.30. The maximum atomic E-state index is 10.3. The van der Waals surface area contributed by atoms with Gasteiger partial charge in [0.2, 0.25) is 0 Å². The van der Waals surface area contributed by atoms with Gasteiger partial charge < -0.3 is 10.8 Å². The summed E-state index contributed by atoms with van der Waals surface area (Å²) < 4.78 is 0. The third-order valence-electron chi connectivity index (χ3n) is 3.05. The summed E-state index contributed by atoms with van der Waals surface area (Å²) in [7, 11) is 0. The van der Waals surface area contributed by atoms with Crippen molar-refractivity contribution in [2.24, 2.45) is 17.1 Å². The molecule has 2 atom stereocenters. The summed E-state index contributed by atoms with van der Waals surface area (Å²) in [5.41, 5.74) is 5.31. The van der Waals surface area contributed by atoms with Crippen LogP contribution < -0.4 is 5.73 Å². The van der Waals surface area contributed by atoms with Crippen LogP contribution in [-0.2, 0) is 0 Å². The second-order valence-electron chi connectivity index (χ2n) is 5.62. The first-order valence-electron chi connectivity index (χ1n) is 5.29. The van der Waals surface area contributed by atoms with Crippen molar-refractivity contribution in [3.8, 4) is 0 Å². The summed E-state index contributed by atoms with van der Waals surface area (Å²) >= 11 is 0. The highest BCUT2D eigenvalue weighted by atomic mass is 16.3. The van der Waals surface area contributed by atoms with E-state index in [1.165, 1.54) is 6.42 Å². The molecule has 1 aliphatic carbocycles. The van der Waals surface area contributed by atoms with Crippen molar-refractivity contribution in [1.29, 1.82) is 0 Å². The van der Waals surface area contributed by atoms with Crippen LogP contribution in [0.25, 0.3) is 0 Å². The van der Waals surface area contributed by atoms with E-state index in [-0.39, 0.29) is 5.41 Å². The zero-order valence-corrected chi connectivity index (χ0v) is 9.14. The molecule has 0 aromatic heterocycles. The van der Waals surface area contributed by atoms with Gasteiger partial charge in [-0.2, -0.15) is 0 Å². The zero-order chi connectivity index (χ0) is 10.1. The molecule has 2 heteroatoms. The molecule has 13 heavy (non-hydrogen) atoms. The molecule has 0 saturated heterocycles. The molecule has 0 bridgehead atoms. The number of rotatable bonds is 2. The minimum absolute atomic E-state index is 0.279. The molecule has 78 valence electrons. The first-order chi connectivity index (χ1) is 5.87. The Balaban J connectivity index is 2.66. The summed E-state index contributed by atoms with van der Waals surface area (Å²) in [4.78, 5) is 0. The highest BCUT2D eigenvalue weighted by Crippen LogP contribution is 2.44. The number of aliphatic hydroxyl groups is 1. The van der Waals surface area contributed by atoms with Crippen molar-refractivity contribution in [3.63, 3.8) is 0 Å². The molecule has 0 amide bonds. The van der Waals surface area contributed by atoms with E-state index in [0.717, 1.165) is 19.3 Å². The second-order valence-corrected chi connectivity index (χ2v) is 5.62. The smallest absolute Gasteiger partial charge is 0.0667 e. The summed E-state index contributed by atoms with van der Waals surface area (Å²) in [6.07, 6.45) is 3.80. The Labute approximate surface area is 81.5 Å². The van der Waals surface area contributed by atoms with E-state index in [1.54, 1.807) is 0 Å². The lowest BCUT2D eigenvalue weighted by molar-refractivity contribution is -0.0618. The van der Waals surface area contributed by atoms with Gasteiger partial charge in [-0.25, -0.2) is 0 Å². The fraction of sp³-hybridized carbons (Fsp3) is 1.00. The average molecular weight is 185 g/mol. The van der Waals surface area contributed by atoms with Crippen molar-refractivity contribution < 1.29 is 5.11 Å². The van der Waals surface area contributed by atoms with Crippen LogP contribution >= 0.6 is 0 Å². The van der Waals surface area contributed by atoms with Gasteiger partial charge in [-0.15, -0.1) is 0 Å². The maximum absolute atomic E-state index is 10.3. The van der Waals surface area contributed by atoms with E-state index in [2.05, 4.69) is 20.8 Å². The lowest BCUT2D eigenvalue weighted by Gasteiger charge is -2.44. The van der Waals surface area contributed by atoms with Crippen LogP contribution in [-0.4, -0.2) is 17.3 Å². The van der Waals surface area contributed by atoms with Crippen LogP contribution in [0, 0.1) is 11.3 Å². The van der Waals surface area contributed by atoms with Gasteiger partial charge in [-0.3, -0.25) is 0 Å². The van der Waals surface area contributed by atoms with E-state index in [1.807, 2.05) is 0 Å². The Kier molecular flexibility index (Phi) is 3.03. The summed E-state index contributed by atoms with van der Waals surface area (Å²) in [5, 5.41) is 10.3. The van der Waals surface area contributed by atoms with Crippen LogP contribution in [0.2, 0.25) is 0 Å². The molecule has 3 N–H and O–H groups in total. The first kappa shape index (κ1) is 11.0.